The number of aromatic nitrogens is 1. The van der Waals surface area contributed by atoms with Crippen molar-refractivity contribution in [1.29, 1.82) is 0 Å². The standard InChI is InChI=1S/C28H43N3O3Si/c1-26(2,3)35(5,6)34-18-28(25(32)19-8-7-9-19)24-23(27(17-30-28)12-14-29-15-13-27)21-11-10-20(33-4)16-22(21)31-24/h10-11,16,19,29-31H,7-9,12-15,17-18H2,1-6H3. The molecule has 5 rings (SSSR count). The molecule has 3 N–H and O–H groups in total. The zero-order valence-electron chi connectivity index (χ0n) is 22.4. The monoisotopic (exact) mass is 497 g/mol. The van der Waals surface area contributed by atoms with Gasteiger partial charge in [0, 0.05) is 34.8 Å². The lowest BCUT2D eigenvalue weighted by Crippen LogP contribution is -2.65. The van der Waals surface area contributed by atoms with Crippen LogP contribution in [-0.2, 0) is 20.2 Å². The first-order valence-electron chi connectivity index (χ1n) is 13.4. The molecule has 35 heavy (non-hydrogen) atoms. The summed E-state index contributed by atoms with van der Waals surface area (Å²) in [5, 5.41) is 8.72. The fourth-order valence-corrected chi connectivity index (χ4v) is 6.94. The van der Waals surface area contributed by atoms with Crippen LogP contribution in [0.4, 0.5) is 0 Å². The van der Waals surface area contributed by atoms with Crippen LogP contribution in [0.5, 0.6) is 5.75 Å². The molecule has 1 unspecified atom stereocenters. The Labute approximate surface area is 211 Å². The Balaban J connectivity index is 1.68. The lowest BCUT2D eigenvalue weighted by atomic mass is 9.64. The summed E-state index contributed by atoms with van der Waals surface area (Å²) in [6.45, 7) is 14.5. The zero-order valence-corrected chi connectivity index (χ0v) is 23.4. The molecule has 1 spiro atoms. The topological polar surface area (TPSA) is 75.4 Å². The quantitative estimate of drug-likeness (QED) is 0.491. The third-order valence-electron chi connectivity index (χ3n) is 9.60. The molecular formula is C28H43N3O3Si. The fourth-order valence-electron chi connectivity index (χ4n) is 5.93. The van der Waals surface area contributed by atoms with Crippen molar-refractivity contribution in [2.75, 3.05) is 33.4 Å². The molecule has 0 amide bonds. The van der Waals surface area contributed by atoms with Crippen molar-refractivity contribution in [2.45, 2.75) is 82.0 Å². The van der Waals surface area contributed by atoms with Crippen LogP contribution in [0.15, 0.2) is 18.2 Å². The summed E-state index contributed by atoms with van der Waals surface area (Å²) < 4.78 is 12.4. The predicted molar refractivity (Wildman–Crippen MR) is 144 cm³/mol. The van der Waals surface area contributed by atoms with Gasteiger partial charge in [-0.05, 0) is 74.6 Å². The average molecular weight is 498 g/mol. The largest absolute Gasteiger partial charge is 0.497 e. The normalized spacial score (nSPS) is 24.9. The maximum atomic E-state index is 14.3. The molecule has 0 radical (unpaired) electrons. The SMILES string of the molecule is COc1ccc2c3c([nH]c2c1)C(CO[Si](C)(C)C(C)(C)C)(C(=O)C1CCC1)NCC31CCNCC1. The number of nitrogens with one attached hydrogen (secondary N) is 3. The van der Waals surface area contributed by atoms with Gasteiger partial charge in [-0.1, -0.05) is 27.2 Å². The second-order valence-electron chi connectivity index (χ2n) is 12.6. The number of ketones is 1. The van der Waals surface area contributed by atoms with E-state index in [4.69, 9.17) is 9.16 Å². The number of fused-ring (bicyclic) bond motifs is 4. The number of benzene rings is 1. The smallest absolute Gasteiger partial charge is 0.192 e. The van der Waals surface area contributed by atoms with Crippen molar-refractivity contribution in [3.63, 3.8) is 0 Å². The third-order valence-corrected chi connectivity index (χ3v) is 14.1. The molecule has 1 saturated carbocycles. The highest BCUT2D eigenvalue weighted by molar-refractivity contribution is 6.74. The molecule has 1 aromatic heterocycles. The van der Waals surface area contributed by atoms with E-state index in [-0.39, 0.29) is 16.4 Å². The molecule has 3 aliphatic rings. The van der Waals surface area contributed by atoms with Crippen LogP contribution < -0.4 is 15.4 Å². The van der Waals surface area contributed by atoms with Crippen molar-refractivity contribution in [3.8, 4) is 5.75 Å². The van der Waals surface area contributed by atoms with E-state index in [1.54, 1.807) is 7.11 Å². The number of hydrogen-bond donors (Lipinski definition) is 3. The Morgan fingerprint density at radius 1 is 1.17 bits per heavy atom. The summed E-state index contributed by atoms with van der Waals surface area (Å²) in [6, 6.07) is 6.32. The number of carbonyl (C=O) groups is 1. The van der Waals surface area contributed by atoms with Crippen LogP contribution in [0.3, 0.4) is 0 Å². The molecule has 192 valence electrons. The molecule has 1 aromatic carbocycles. The molecule has 1 atom stereocenters. The molecule has 1 saturated heterocycles. The number of Topliss-reactive ketones (excluding diaryl/α,β-unsaturated/α-hetero) is 1. The third kappa shape index (κ3) is 3.99. The highest BCUT2D eigenvalue weighted by atomic mass is 28.4. The first-order chi connectivity index (χ1) is 16.5. The molecule has 0 bridgehead atoms. The first kappa shape index (κ1) is 25.0. The second-order valence-corrected chi connectivity index (χ2v) is 17.4. The molecule has 3 heterocycles. The summed E-state index contributed by atoms with van der Waals surface area (Å²) in [7, 11) is -0.362. The van der Waals surface area contributed by atoms with E-state index in [9.17, 15) is 4.79 Å². The number of hydrogen-bond acceptors (Lipinski definition) is 5. The minimum atomic E-state index is -2.07. The van der Waals surface area contributed by atoms with Crippen LogP contribution >= 0.6 is 0 Å². The summed E-state index contributed by atoms with van der Waals surface area (Å²) in [5.41, 5.74) is 2.60. The van der Waals surface area contributed by atoms with Gasteiger partial charge >= 0.3 is 0 Å². The zero-order chi connectivity index (χ0) is 25.1. The average Bonchev–Trinajstić information content (AvgIpc) is 3.18. The van der Waals surface area contributed by atoms with E-state index < -0.39 is 13.9 Å². The van der Waals surface area contributed by atoms with E-state index in [1.807, 2.05) is 0 Å². The minimum Gasteiger partial charge on any atom is -0.497 e. The highest BCUT2D eigenvalue weighted by Crippen LogP contribution is 2.50. The lowest BCUT2D eigenvalue weighted by Gasteiger charge is -2.50. The van der Waals surface area contributed by atoms with E-state index in [0.29, 0.717) is 12.4 Å². The van der Waals surface area contributed by atoms with Gasteiger partial charge in [0.05, 0.1) is 19.4 Å². The number of piperidine rings is 1. The molecule has 1 aliphatic carbocycles. The minimum absolute atomic E-state index is 0.00773. The molecule has 2 fully saturated rings. The van der Waals surface area contributed by atoms with Gasteiger partial charge in [-0.15, -0.1) is 0 Å². The van der Waals surface area contributed by atoms with Crippen LogP contribution in [0.25, 0.3) is 10.9 Å². The highest BCUT2D eigenvalue weighted by Gasteiger charge is 2.55. The Hall–Kier alpha value is -1.67. The van der Waals surface area contributed by atoms with E-state index in [2.05, 4.69) is 67.7 Å². The van der Waals surface area contributed by atoms with Crippen LogP contribution in [0.1, 0.15) is 64.1 Å². The summed E-state index contributed by atoms with van der Waals surface area (Å²) >= 11 is 0. The molecule has 2 aromatic rings. The van der Waals surface area contributed by atoms with Crippen LogP contribution in [0.2, 0.25) is 18.1 Å². The predicted octanol–water partition coefficient (Wildman–Crippen LogP) is 4.99. The number of carbonyl (C=O) groups excluding carboxylic acids is 1. The maximum Gasteiger partial charge on any atom is 0.192 e. The van der Waals surface area contributed by atoms with Crippen molar-refractivity contribution in [3.05, 3.63) is 29.5 Å². The molecule has 7 heteroatoms. The Morgan fingerprint density at radius 2 is 1.89 bits per heavy atom. The second kappa shape index (κ2) is 8.72. The van der Waals surface area contributed by atoms with Gasteiger partial charge < -0.3 is 19.5 Å². The van der Waals surface area contributed by atoms with Crippen LogP contribution in [0, 0.1) is 5.92 Å². The number of ether oxygens (including phenoxy) is 1. The van der Waals surface area contributed by atoms with Gasteiger partial charge in [0.1, 0.15) is 11.3 Å². The van der Waals surface area contributed by atoms with Crippen molar-refractivity contribution >= 4 is 25.0 Å². The van der Waals surface area contributed by atoms with Crippen molar-refractivity contribution in [2.24, 2.45) is 5.92 Å². The lowest BCUT2D eigenvalue weighted by molar-refractivity contribution is -0.135. The fraction of sp³-hybridized carbons (Fsp3) is 0.679. The van der Waals surface area contributed by atoms with Gasteiger partial charge in [-0.2, -0.15) is 0 Å². The van der Waals surface area contributed by atoms with E-state index in [0.717, 1.165) is 68.7 Å². The van der Waals surface area contributed by atoms with Gasteiger partial charge in [0.2, 0.25) is 0 Å². The van der Waals surface area contributed by atoms with Gasteiger partial charge in [-0.3, -0.25) is 10.1 Å². The number of aromatic amines is 1. The maximum absolute atomic E-state index is 14.3. The first-order valence-corrected chi connectivity index (χ1v) is 16.3. The number of rotatable bonds is 6. The number of H-pyrrole nitrogens is 1. The van der Waals surface area contributed by atoms with Crippen molar-refractivity contribution in [1.82, 2.24) is 15.6 Å². The Bertz CT molecular complexity index is 1110. The van der Waals surface area contributed by atoms with E-state index in [1.165, 1.54) is 10.9 Å². The number of methoxy groups -OCH3 is 1. The van der Waals surface area contributed by atoms with Crippen LogP contribution in [-0.4, -0.2) is 52.4 Å². The molecular weight excluding hydrogens is 454 g/mol. The van der Waals surface area contributed by atoms with Gasteiger partial charge in [-0.25, -0.2) is 0 Å². The summed E-state index contributed by atoms with van der Waals surface area (Å²) in [4.78, 5) is 18.1. The van der Waals surface area contributed by atoms with E-state index >= 15 is 0 Å². The van der Waals surface area contributed by atoms with Gasteiger partial charge in [0.25, 0.3) is 0 Å². The Morgan fingerprint density at radius 3 is 2.49 bits per heavy atom. The summed E-state index contributed by atoms with van der Waals surface area (Å²) in [5.74, 6) is 1.25. The van der Waals surface area contributed by atoms with Crippen molar-refractivity contribution < 1.29 is 14.0 Å². The van der Waals surface area contributed by atoms with Gasteiger partial charge in [0.15, 0.2) is 14.1 Å². The Kier molecular flexibility index (Phi) is 6.23. The summed E-state index contributed by atoms with van der Waals surface area (Å²) in [6.07, 6.45) is 5.23. The molecule has 2 aliphatic heterocycles. The molecule has 6 nitrogen and oxygen atoms in total.